The van der Waals surface area contributed by atoms with Gasteiger partial charge in [0.1, 0.15) is 5.82 Å². The Kier molecular flexibility index (Phi) is 5.15. The minimum Gasteiger partial charge on any atom is -0.334 e. The number of rotatable bonds is 4. The van der Waals surface area contributed by atoms with E-state index in [1.165, 1.54) is 12.1 Å². The number of carbonyl (C=O) groups excluding carboxylic acids is 1. The van der Waals surface area contributed by atoms with Gasteiger partial charge in [-0.05, 0) is 60.2 Å². The van der Waals surface area contributed by atoms with Crippen molar-refractivity contribution in [2.24, 2.45) is 0 Å². The van der Waals surface area contributed by atoms with Crippen LogP contribution in [0.25, 0.3) is 0 Å². The SMILES string of the molecule is CCCN(C(=O)c1ccc(F)cc1I)C1CCNC1. The average molecular weight is 376 g/mol. The molecule has 5 heteroatoms. The van der Waals surface area contributed by atoms with Gasteiger partial charge in [-0.25, -0.2) is 4.39 Å². The molecule has 0 radical (unpaired) electrons. The van der Waals surface area contributed by atoms with E-state index in [-0.39, 0.29) is 17.8 Å². The summed E-state index contributed by atoms with van der Waals surface area (Å²) in [5.74, 6) is -0.287. The van der Waals surface area contributed by atoms with Gasteiger partial charge in [-0.15, -0.1) is 0 Å². The monoisotopic (exact) mass is 376 g/mol. The fourth-order valence-electron chi connectivity index (χ4n) is 2.41. The van der Waals surface area contributed by atoms with Crippen LogP contribution in [0.4, 0.5) is 4.39 Å². The Hall–Kier alpha value is -0.690. The van der Waals surface area contributed by atoms with E-state index in [9.17, 15) is 9.18 Å². The van der Waals surface area contributed by atoms with E-state index >= 15 is 0 Å². The molecule has 1 aromatic rings. The summed E-state index contributed by atoms with van der Waals surface area (Å²) in [5, 5.41) is 3.29. The topological polar surface area (TPSA) is 32.3 Å². The van der Waals surface area contributed by atoms with Crippen LogP contribution in [-0.4, -0.2) is 36.5 Å². The summed E-state index contributed by atoms with van der Waals surface area (Å²) in [7, 11) is 0. The highest BCUT2D eigenvalue weighted by Gasteiger charge is 2.27. The van der Waals surface area contributed by atoms with Crippen molar-refractivity contribution >= 4 is 28.5 Å². The third-order valence-electron chi connectivity index (χ3n) is 3.36. The van der Waals surface area contributed by atoms with E-state index in [4.69, 9.17) is 0 Å². The van der Waals surface area contributed by atoms with Crippen LogP contribution in [0.5, 0.6) is 0 Å². The molecule has 1 aliphatic heterocycles. The van der Waals surface area contributed by atoms with Crippen LogP contribution >= 0.6 is 22.6 Å². The maximum Gasteiger partial charge on any atom is 0.255 e. The van der Waals surface area contributed by atoms with Crippen molar-refractivity contribution in [2.45, 2.75) is 25.8 Å². The predicted octanol–water partition coefficient (Wildman–Crippen LogP) is 2.64. The fraction of sp³-hybridized carbons (Fsp3) is 0.500. The molecule has 0 aromatic heterocycles. The maximum atomic E-state index is 13.1. The molecular weight excluding hydrogens is 358 g/mol. The molecule has 104 valence electrons. The van der Waals surface area contributed by atoms with Crippen molar-refractivity contribution < 1.29 is 9.18 Å². The lowest BCUT2D eigenvalue weighted by atomic mass is 10.1. The Balaban J connectivity index is 2.22. The summed E-state index contributed by atoms with van der Waals surface area (Å²) in [6.07, 6.45) is 1.92. The molecule has 1 fully saturated rings. The second-order valence-corrected chi connectivity index (χ2v) is 5.93. The van der Waals surface area contributed by atoms with E-state index in [0.29, 0.717) is 9.13 Å². The van der Waals surface area contributed by atoms with Crippen molar-refractivity contribution in [3.8, 4) is 0 Å². The Bertz CT molecular complexity index is 461. The molecule has 1 saturated heterocycles. The van der Waals surface area contributed by atoms with Crippen LogP contribution in [0.1, 0.15) is 30.1 Å². The third kappa shape index (κ3) is 3.45. The lowest BCUT2D eigenvalue weighted by Crippen LogP contribution is -2.42. The highest BCUT2D eigenvalue weighted by Crippen LogP contribution is 2.19. The van der Waals surface area contributed by atoms with E-state index in [1.54, 1.807) is 6.07 Å². The van der Waals surface area contributed by atoms with Crippen molar-refractivity contribution in [1.82, 2.24) is 10.2 Å². The first-order chi connectivity index (χ1) is 9.13. The van der Waals surface area contributed by atoms with Gasteiger partial charge < -0.3 is 10.2 Å². The fourth-order valence-corrected chi connectivity index (χ4v) is 3.12. The molecule has 1 aliphatic rings. The zero-order valence-electron chi connectivity index (χ0n) is 11.0. The Labute approximate surface area is 126 Å². The number of carbonyl (C=O) groups is 1. The van der Waals surface area contributed by atoms with Crippen molar-refractivity contribution in [3.63, 3.8) is 0 Å². The van der Waals surface area contributed by atoms with E-state index in [0.717, 1.165) is 32.5 Å². The molecule has 1 unspecified atom stereocenters. The highest BCUT2D eigenvalue weighted by molar-refractivity contribution is 14.1. The molecule has 19 heavy (non-hydrogen) atoms. The van der Waals surface area contributed by atoms with Crippen LogP contribution in [0.15, 0.2) is 18.2 Å². The van der Waals surface area contributed by atoms with Gasteiger partial charge in [-0.2, -0.15) is 0 Å². The summed E-state index contributed by atoms with van der Waals surface area (Å²) in [6, 6.07) is 4.61. The summed E-state index contributed by atoms with van der Waals surface area (Å²) in [6.45, 7) is 4.62. The third-order valence-corrected chi connectivity index (χ3v) is 4.25. The summed E-state index contributed by atoms with van der Waals surface area (Å²) < 4.78 is 13.8. The van der Waals surface area contributed by atoms with Gasteiger partial charge in [-0.3, -0.25) is 4.79 Å². The second kappa shape index (κ2) is 6.65. The van der Waals surface area contributed by atoms with Gasteiger partial charge in [0.25, 0.3) is 5.91 Å². The summed E-state index contributed by atoms with van der Waals surface area (Å²) >= 11 is 2.02. The number of hydrogen-bond acceptors (Lipinski definition) is 2. The smallest absolute Gasteiger partial charge is 0.255 e. The number of benzene rings is 1. The van der Waals surface area contributed by atoms with Crippen LogP contribution in [-0.2, 0) is 0 Å². The van der Waals surface area contributed by atoms with Crippen LogP contribution in [0.2, 0.25) is 0 Å². The average Bonchev–Trinajstić information content (AvgIpc) is 2.89. The second-order valence-electron chi connectivity index (χ2n) is 4.77. The molecule has 1 heterocycles. The highest BCUT2D eigenvalue weighted by atomic mass is 127. The van der Waals surface area contributed by atoms with Gasteiger partial charge in [0, 0.05) is 22.7 Å². The Morgan fingerprint density at radius 1 is 1.58 bits per heavy atom. The van der Waals surface area contributed by atoms with E-state index < -0.39 is 0 Å². The molecule has 1 aromatic carbocycles. The summed E-state index contributed by atoms with van der Waals surface area (Å²) in [4.78, 5) is 14.6. The first-order valence-corrected chi connectivity index (χ1v) is 7.68. The van der Waals surface area contributed by atoms with Crippen molar-refractivity contribution in [3.05, 3.63) is 33.1 Å². The van der Waals surface area contributed by atoms with Gasteiger partial charge in [-0.1, -0.05) is 6.92 Å². The first-order valence-electron chi connectivity index (χ1n) is 6.60. The minimum atomic E-state index is -0.300. The molecule has 1 amide bonds. The number of amides is 1. The van der Waals surface area contributed by atoms with E-state index in [2.05, 4.69) is 12.2 Å². The number of hydrogen-bond donors (Lipinski definition) is 1. The van der Waals surface area contributed by atoms with Crippen LogP contribution in [0.3, 0.4) is 0 Å². The van der Waals surface area contributed by atoms with Crippen LogP contribution in [0, 0.1) is 9.39 Å². The first kappa shape index (κ1) is 14.7. The predicted molar refractivity (Wildman–Crippen MR) is 81.7 cm³/mol. The quantitative estimate of drug-likeness (QED) is 0.820. The Morgan fingerprint density at radius 3 is 2.95 bits per heavy atom. The molecule has 0 bridgehead atoms. The minimum absolute atomic E-state index is 0.0138. The van der Waals surface area contributed by atoms with Crippen LogP contribution < -0.4 is 5.32 Å². The molecule has 1 atom stereocenters. The van der Waals surface area contributed by atoms with E-state index in [1.807, 2.05) is 27.5 Å². The summed E-state index contributed by atoms with van der Waals surface area (Å²) in [5.41, 5.74) is 0.599. The molecule has 0 aliphatic carbocycles. The molecule has 3 nitrogen and oxygen atoms in total. The maximum absolute atomic E-state index is 13.1. The van der Waals surface area contributed by atoms with Crippen molar-refractivity contribution in [2.75, 3.05) is 19.6 Å². The molecule has 0 spiro atoms. The van der Waals surface area contributed by atoms with Gasteiger partial charge in [0.05, 0.1) is 5.56 Å². The zero-order chi connectivity index (χ0) is 13.8. The van der Waals surface area contributed by atoms with Gasteiger partial charge in [0.15, 0.2) is 0 Å². The lowest BCUT2D eigenvalue weighted by Gasteiger charge is -2.28. The zero-order valence-corrected chi connectivity index (χ0v) is 13.1. The molecular formula is C14H18FIN2O. The standard InChI is InChI=1S/C14H18FIN2O/c1-2-7-18(11-5-6-17-9-11)14(19)12-4-3-10(15)8-13(12)16/h3-4,8,11,17H,2,5-7,9H2,1H3. The number of nitrogens with one attached hydrogen (secondary N) is 1. The van der Waals surface area contributed by atoms with Gasteiger partial charge >= 0.3 is 0 Å². The molecule has 0 saturated carbocycles. The Morgan fingerprint density at radius 2 is 2.37 bits per heavy atom. The number of halogens is 2. The van der Waals surface area contributed by atoms with Gasteiger partial charge in [0.2, 0.25) is 0 Å². The lowest BCUT2D eigenvalue weighted by molar-refractivity contribution is 0.0691. The number of nitrogens with zero attached hydrogens (tertiary/aromatic N) is 1. The largest absolute Gasteiger partial charge is 0.334 e. The molecule has 2 rings (SSSR count). The normalized spacial score (nSPS) is 18.6. The molecule has 1 N–H and O–H groups in total. The van der Waals surface area contributed by atoms with Crippen molar-refractivity contribution in [1.29, 1.82) is 0 Å².